The van der Waals surface area contributed by atoms with Gasteiger partial charge in [0.1, 0.15) is 18.0 Å². The summed E-state index contributed by atoms with van der Waals surface area (Å²) in [5.41, 5.74) is 2.28. The van der Waals surface area contributed by atoms with Gasteiger partial charge in [-0.1, -0.05) is 12.1 Å². The Morgan fingerprint density at radius 1 is 1.32 bits per heavy atom. The molecular formula is C16H20N6. The van der Waals surface area contributed by atoms with Crippen LogP contribution in [0.4, 0.5) is 0 Å². The summed E-state index contributed by atoms with van der Waals surface area (Å²) < 4.78 is 4.29. The number of para-hydroxylation sites is 2. The molecule has 0 aliphatic carbocycles. The van der Waals surface area contributed by atoms with Gasteiger partial charge in [-0.3, -0.25) is 0 Å². The van der Waals surface area contributed by atoms with Crippen LogP contribution in [0.2, 0.25) is 0 Å². The summed E-state index contributed by atoms with van der Waals surface area (Å²) in [6.45, 7) is 4.79. The maximum atomic E-state index is 4.77. The van der Waals surface area contributed by atoms with Crippen LogP contribution < -0.4 is 5.32 Å². The minimum Gasteiger partial charge on any atom is -0.327 e. The lowest BCUT2D eigenvalue weighted by molar-refractivity contribution is 0.353. The average Bonchev–Trinajstić information content (AvgIpc) is 3.15. The molecule has 0 spiro atoms. The number of nitrogens with one attached hydrogen (secondary N) is 1. The van der Waals surface area contributed by atoms with Gasteiger partial charge in [0, 0.05) is 19.0 Å². The van der Waals surface area contributed by atoms with E-state index < -0.39 is 0 Å². The maximum Gasteiger partial charge on any atom is 0.138 e. The number of imidazole rings is 1. The predicted molar refractivity (Wildman–Crippen MR) is 84.4 cm³/mol. The highest BCUT2D eigenvalue weighted by molar-refractivity contribution is 5.75. The van der Waals surface area contributed by atoms with Gasteiger partial charge in [-0.2, -0.15) is 5.10 Å². The third-order valence-corrected chi connectivity index (χ3v) is 4.40. The highest BCUT2D eigenvalue weighted by Gasteiger charge is 2.20. The number of aryl methyl sites for hydroxylation is 2. The molecule has 6 nitrogen and oxygen atoms in total. The largest absolute Gasteiger partial charge is 0.327 e. The molecule has 6 heteroatoms. The van der Waals surface area contributed by atoms with E-state index in [0.29, 0.717) is 6.04 Å². The summed E-state index contributed by atoms with van der Waals surface area (Å²) in [7, 11) is 0. The van der Waals surface area contributed by atoms with Crippen LogP contribution in [0.1, 0.15) is 25.0 Å². The Balaban J connectivity index is 1.50. The molecule has 1 aliphatic rings. The van der Waals surface area contributed by atoms with Crippen LogP contribution in [0.3, 0.4) is 0 Å². The molecule has 114 valence electrons. The summed E-state index contributed by atoms with van der Waals surface area (Å²) in [4.78, 5) is 9.04. The van der Waals surface area contributed by atoms with Crippen LogP contribution in [0.5, 0.6) is 0 Å². The Labute approximate surface area is 129 Å². The molecular weight excluding hydrogens is 276 g/mol. The SMILES string of the molecule is CCn1c(CN[C@H]2CCc3ncnn3C2)nc2ccccc21. The first-order chi connectivity index (χ1) is 10.8. The quantitative estimate of drug-likeness (QED) is 0.797. The molecule has 3 heterocycles. The molecule has 1 aliphatic heterocycles. The smallest absolute Gasteiger partial charge is 0.138 e. The van der Waals surface area contributed by atoms with Gasteiger partial charge in [0.05, 0.1) is 24.1 Å². The summed E-state index contributed by atoms with van der Waals surface area (Å²) >= 11 is 0. The van der Waals surface area contributed by atoms with Crippen molar-refractivity contribution in [1.82, 2.24) is 29.6 Å². The Kier molecular flexibility index (Phi) is 3.38. The molecule has 1 atom stereocenters. The van der Waals surface area contributed by atoms with Crippen LogP contribution in [0, 0.1) is 0 Å². The molecule has 0 unspecified atom stereocenters. The van der Waals surface area contributed by atoms with Gasteiger partial charge in [0.15, 0.2) is 0 Å². The molecule has 0 fully saturated rings. The van der Waals surface area contributed by atoms with Crippen molar-refractivity contribution in [1.29, 1.82) is 0 Å². The molecule has 0 saturated carbocycles. The summed E-state index contributed by atoms with van der Waals surface area (Å²) in [6, 6.07) is 8.75. The van der Waals surface area contributed by atoms with Gasteiger partial charge in [0.2, 0.25) is 0 Å². The number of fused-ring (bicyclic) bond motifs is 2. The second-order valence-electron chi connectivity index (χ2n) is 5.74. The van der Waals surface area contributed by atoms with E-state index in [1.165, 1.54) is 5.52 Å². The topological polar surface area (TPSA) is 60.6 Å². The Morgan fingerprint density at radius 3 is 3.14 bits per heavy atom. The van der Waals surface area contributed by atoms with Crippen LogP contribution in [0.15, 0.2) is 30.6 Å². The zero-order valence-electron chi connectivity index (χ0n) is 12.7. The van der Waals surface area contributed by atoms with Crippen molar-refractivity contribution < 1.29 is 0 Å². The number of rotatable bonds is 4. The second kappa shape index (κ2) is 5.53. The monoisotopic (exact) mass is 296 g/mol. The Morgan fingerprint density at radius 2 is 2.23 bits per heavy atom. The van der Waals surface area contributed by atoms with Crippen molar-refractivity contribution in [3.8, 4) is 0 Å². The van der Waals surface area contributed by atoms with E-state index in [-0.39, 0.29) is 0 Å². The van der Waals surface area contributed by atoms with Crippen molar-refractivity contribution in [3.63, 3.8) is 0 Å². The normalized spacial score (nSPS) is 17.8. The molecule has 2 aromatic heterocycles. The van der Waals surface area contributed by atoms with Crippen molar-refractivity contribution >= 4 is 11.0 Å². The predicted octanol–water partition coefficient (Wildman–Crippen LogP) is 1.75. The zero-order valence-corrected chi connectivity index (χ0v) is 12.7. The highest BCUT2D eigenvalue weighted by atomic mass is 15.3. The number of benzene rings is 1. The molecule has 0 saturated heterocycles. The van der Waals surface area contributed by atoms with Crippen molar-refractivity contribution in [2.24, 2.45) is 0 Å². The van der Waals surface area contributed by atoms with Crippen LogP contribution >= 0.6 is 0 Å². The standard InChI is InChI=1S/C16H20N6/c1-2-21-14-6-4-3-5-13(14)20-16(21)9-17-12-7-8-15-18-11-19-22(15)10-12/h3-6,11-12,17H,2,7-10H2,1H3/t12-/m0/s1. The van der Waals surface area contributed by atoms with E-state index in [1.807, 2.05) is 10.7 Å². The van der Waals surface area contributed by atoms with E-state index in [4.69, 9.17) is 4.98 Å². The van der Waals surface area contributed by atoms with Crippen LogP contribution in [0.25, 0.3) is 11.0 Å². The Hall–Kier alpha value is -2.21. The van der Waals surface area contributed by atoms with E-state index in [1.54, 1.807) is 6.33 Å². The molecule has 1 N–H and O–H groups in total. The van der Waals surface area contributed by atoms with E-state index in [2.05, 4.69) is 45.1 Å². The lowest BCUT2D eigenvalue weighted by atomic mass is 10.1. The molecule has 4 rings (SSSR count). The van der Waals surface area contributed by atoms with Gasteiger partial charge in [-0.25, -0.2) is 14.6 Å². The van der Waals surface area contributed by atoms with E-state index >= 15 is 0 Å². The maximum absolute atomic E-state index is 4.77. The average molecular weight is 296 g/mol. The van der Waals surface area contributed by atoms with E-state index in [9.17, 15) is 0 Å². The first-order valence-corrected chi connectivity index (χ1v) is 7.89. The lowest BCUT2D eigenvalue weighted by Crippen LogP contribution is -2.38. The number of aromatic nitrogens is 5. The van der Waals surface area contributed by atoms with Crippen molar-refractivity contribution in [2.75, 3.05) is 0 Å². The van der Waals surface area contributed by atoms with Crippen LogP contribution in [-0.4, -0.2) is 30.4 Å². The number of nitrogens with zero attached hydrogens (tertiary/aromatic N) is 5. The number of hydrogen-bond donors (Lipinski definition) is 1. The summed E-state index contributed by atoms with van der Waals surface area (Å²) in [6.07, 6.45) is 3.74. The van der Waals surface area contributed by atoms with Gasteiger partial charge in [-0.15, -0.1) is 0 Å². The highest BCUT2D eigenvalue weighted by Crippen LogP contribution is 2.17. The Bertz CT molecular complexity index is 787. The zero-order chi connectivity index (χ0) is 14.9. The third kappa shape index (κ3) is 2.29. The fourth-order valence-corrected chi connectivity index (χ4v) is 3.25. The van der Waals surface area contributed by atoms with E-state index in [0.717, 1.165) is 49.6 Å². The first kappa shape index (κ1) is 13.5. The van der Waals surface area contributed by atoms with Crippen molar-refractivity contribution in [3.05, 3.63) is 42.2 Å². The summed E-state index contributed by atoms with van der Waals surface area (Å²) in [5, 5.41) is 7.91. The number of hydrogen-bond acceptors (Lipinski definition) is 4. The third-order valence-electron chi connectivity index (χ3n) is 4.40. The summed E-state index contributed by atoms with van der Waals surface area (Å²) in [5.74, 6) is 2.20. The van der Waals surface area contributed by atoms with Crippen molar-refractivity contribution in [2.45, 2.75) is 45.4 Å². The molecule has 0 bridgehead atoms. The molecule has 1 aromatic carbocycles. The lowest BCUT2D eigenvalue weighted by Gasteiger charge is -2.23. The van der Waals surface area contributed by atoms with Crippen LogP contribution in [-0.2, 0) is 26.1 Å². The molecule has 3 aromatic rings. The minimum atomic E-state index is 0.430. The molecule has 0 amide bonds. The first-order valence-electron chi connectivity index (χ1n) is 7.89. The molecule has 22 heavy (non-hydrogen) atoms. The van der Waals surface area contributed by atoms with Gasteiger partial charge in [0.25, 0.3) is 0 Å². The minimum absolute atomic E-state index is 0.430. The fraction of sp³-hybridized carbons (Fsp3) is 0.438. The fourth-order valence-electron chi connectivity index (χ4n) is 3.25. The second-order valence-corrected chi connectivity index (χ2v) is 5.74. The van der Waals surface area contributed by atoms with Gasteiger partial charge >= 0.3 is 0 Å². The van der Waals surface area contributed by atoms with Gasteiger partial charge < -0.3 is 9.88 Å². The van der Waals surface area contributed by atoms with Gasteiger partial charge in [-0.05, 0) is 25.5 Å². The molecule has 0 radical (unpaired) electrons.